The largest absolute Gasteiger partial charge is 0.460 e. The Bertz CT molecular complexity index is 847. The van der Waals surface area contributed by atoms with Crippen molar-refractivity contribution >= 4 is 5.97 Å². The molecule has 2 saturated carbocycles. The molecule has 0 unspecified atom stereocenters. The van der Waals surface area contributed by atoms with Crippen molar-refractivity contribution in [2.24, 2.45) is 10.8 Å². The third kappa shape index (κ3) is 6.80. The van der Waals surface area contributed by atoms with Crippen LogP contribution >= 0.6 is 0 Å². The summed E-state index contributed by atoms with van der Waals surface area (Å²) in [6.45, 7) is 7.28. The Morgan fingerprint density at radius 1 is 1.12 bits per heavy atom. The fourth-order valence-corrected chi connectivity index (χ4v) is 5.14. The summed E-state index contributed by atoms with van der Waals surface area (Å²) in [5.74, 6) is -0.00303. The monoisotopic (exact) mass is 466 g/mol. The van der Waals surface area contributed by atoms with Crippen LogP contribution in [0.15, 0.2) is 54.1 Å². The summed E-state index contributed by atoms with van der Waals surface area (Å²) in [6, 6.07) is 10.7. The van der Waals surface area contributed by atoms with Crippen molar-refractivity contribution in [3.8, 4) is 0 Å². The van der Waals surface area contributed by atoms with Gasteiger partial charge in [0.2, 0.25) is 0 Å². The molecule has 0 radical (unpaired) electrons. The van der Waals surface area contributed by atoms with Crippen LogP contribution in [0.3, 0.4) is 0 Å². The molecule has 34 heavy (non-hydrogen) atoms. The van der Waals surface area contributed by atoms with Crippen molar-refractivity contribution in [3.05, 3.63) is 59.7 Å². The van der Waals surface area contributed by atoms with Gasteiger partial charge in [0.1, 0.15) is 6.61 Å². The Kier molecular flexibility index (Phi) is 8.62. The number of esters is 1. The molecule has 1 N–H and O–H groups in total. The molecule has 0 aromatic heterocycles. The lowest BCUT2D eigenvalue weighted by Crippen LogP contribution is -2.53. The van der Waals surface area contributed by atoms with Gasteiger partial charge in [0, 0.05) is 31.7 Å². The molecule has 5 heteroatoms. The molecule has 1 heterocycles. The molecule has 5 nitrogen and oxygen atoms in total. The lowest BCUT2D eigenvalue weighted by molar-refractivity contribution is -0.165. The molecule has 4 aliphatic rings. The summed E-state index contributed by atoms with van der Waals surface area (Å²) >= 11 is 0. The van der Waals surface area contributed by atoms with E-state index in [0.29, 0.717) is 6.61 Å². The van der Waals surface area contributed by atoms with Gasteiger partial charge in [-0.3, -0.25) is 4.79 Å². The van der Waals surface area contributed by atoms with Crippen molar-refractivity contribution in [3.63, 3.8) is 0 Å². The zero-order valence-electron chi connectivity index (χ0n) is 21.1. The van der Waals surface area contributed by atoms with E-state index in [4.69, 9.17) is 9.47 Å². The number of hydrogen-bond donors (Lipinski definition) is 1. The number of allylic oxidation sites excluding steroid dienone is 4. The smallest absolute Gasteiger partial charge is 0.313 e. The maximum absolute atomic E-state index is 12.9. The molecule has 0 atom stereocenters. The van der Waals surface area contributed by atoms with Crippen LogP contribution < -0.4 is 5.32 Å². The van der Waals surface area contributed by atoms with E-state index in [-0.39, 0.29) is 16.8 Å². The number of nitrogens with zero attached hydrogens (tertiary/aromatic N) is 1. The van der Waals surface area contributed by atoms with Crippen molar-refractivity contribution < 1.29 is 14.3 Å². The zero-order chi connectivity index (χ0) is 23.9. The van der Waals surface area contributed by atoms with Gasteiger partial charge in [-0.1, -0.05) is 60.6 Å². The van der Waals surface area contributed by atoms with E-state index in [1.165, 1.54) is 18.4 Å². The molecule has 0 spiro atoms. The summed E-state index contributed by atoms with van der Waals surface area (Å²) in [5.41, 5.74) is 2.39. The Hall–Kier alpha value is -1.95. The van der Waals surface area contributed by atoms with Crippen LogP contribution in [-0.2, 0) is 20.9 Å². The Morgan fingerprint density at radius 3 is 2.29 bits per heavy atom. The summed E-state index contributed by atoms with van der Waals surface area (Å²) in [6.07, 6.45) is 14.2. The van der Waals surface area contributed by atoms with Gasteiger partial charge >= 0.3 is 5.97 Å². The highest BCUT2D eigenvalue weighted by Gasteiger charge is 2.48. The van der Waals surface area contributed by atoms with Crippen LogP contribution in [0, 0.1) is 10.8 Å². The van der Waals surface area contributed by atoms with Gasteiger partial charge in [-0.15, -0.1) is 0 Å². The summed E-state index contributed by atoms with van der Waals surface area (Å²) in [4.78, 5) is 15.4. The first-order valence-corrected chi connectivity index (χ1v) is 13.0. The molecule has 1 aromatic carbocycles. The van der Waals surface area contributed by atoms with Gasteiger partial charge in [-0.25, -0.2) is 0 Å². The van der Waals surface area contributed by atoms with Gasteiger partial charge in [-0.05, 0) is 64.1 Å². The van der Waals surface area contributed by atoms with E-state index >= 15 is 0 Å². The number of benzene rings is 1. The van der Waals surface area contributed by atoms with E-state index in [9.17, 15) is 4.79 Å². The highest BCUT2D eigenvalue weighted by atomic mass is 16.5. The van der Waals surface area contributed by atoms with Crippen LogP contribution in [0.4, 0.5) is 0 Å². The number of carbonyl (C=O) groups is 1. The molecule has 3 fully saturated rings. The minimum atomic E-state index is -0.289. The molecule has 0 amide bonds. The predicted molar refractivity (Wildman–Crippen MR) is 136 cm³/mol. The van der Waals surface area contributed by atoms with Gasteiger partial charge in [0.05, 0.1) is 12.0 Å². The second-order valence-corrected chi connectivity index (χ2v) is 10.8. The van der Waals surface area contributed by atoms with Gasteiger partial charge in [-0.2, -0.15) is 0 Å². The van der Waals surface area contributed by atoms with Crippen LogP contribution in [0.1, 0.15) is 57.4 Å². The first-order chi connectivity index (χ1) is 16.5. The first-order valence-electron chi connectivity index (χ1n) is 13.0. The van der Waals surface area contributed by atoms with Crippen molar-refractivity contribution in [2.45, 2.75) is 64.5 Å². The third-order valence-corrected chi connectivity index (χ3v) is 7.91. The third-order valence-electron chi connectivity index (χ3n) is 7.91. The average Bonchev–Trinajstić information content (AvgIpc) is 3.64. The molecule has 3 aliphatic carbocycles. The lowest BCUT2D eigenvalue weighted by Gasteiger charge is -2.47. The predicted octanol–water partition coefficient (Wildman–Crippen LogP) is 4.88. The quantitative estimate of drug-likeness (QED) is 0.498. The fraction of sp³-hybridized carbons (Fsp3) is 0.621. The van der Waals surface area contributed by atoms with E-state index < -0.39 is 0 Å². The minimum Gasteiger partial charge on any atom is -0.460 e. The number of likely N-dealkylation sites (tertiary alicyclic amines) is 1. The van der Waals surface area contributed by atoms with Gasteiger partial charge in [0.15, 0.2) is 0 Å². The molecular weight excluding hydrogens is 424 g/mol. The number of nitrogens with one attached hydrogen (secondary N) is 1. The molecule has 5 rings (SSSR count). The fourth-order valence-electron chi connectivity index (χ4n) is 5.14. The van der Waals surface area contributed by atoms with E-state index in [1.54, 1.807) is 0 Å². The summed E-state index contributed by atoms with van der Waals surface area (Å²) in [5, 5.41) is 3.72. The average molecular weight is 467 g/mol. The number of ether oxygens (including phenoxy) is 2. The van der Waals surface area contributed by atoms with Gasteiger partial charge in [0.25, 0.3) is 0 Å². The Labute approximate surface area is 205 Å². The molecule has 1 aromatic rings. The Balaban J connectivity index is 0.000000486. The summed E-state index contributed by atoms with van der Waals surface area (Å²) < 4.78 is 11.3. The lowest BCUT2D eigenvalue weighted by atomic mass is 9.67. The maximum Gasteiger partial charge on any atom is 0.313 e. The van der Waals surface area contributed by atoms with E-state index in [0.717, 1.165) is 76.5 Å². The van der Waals surface area contributed by atoms with Crippen molar-refractivity contribution in [1.29, 1.82) is 0 Å². The maximum atomic E-state index is 12.9. The zero-order valence-corrected chi connectivity index (χ0v) is 21.1. The standard InChI is InChI=1S/C24H36N2O3.C5H6/c1-28-19-23(17-25-21-8-9-21)12-14-26(15-13-23)18-24(10-5-11-24)22(27)29-16-20-6-3-2-4-7-20;1-5-3-2-4-5/h2-4,6-7,21,25H,5,8-19H2,1H3;2-4H,1H3. The Morgan fingerprint density at radius 2 is 1.79 bits per heavy atom. The van der Waals surface area contributed by atoms with E-state index in [1.807, 2.05) is 43.5 Å². The van der Waals surface area contributed by atoms with Crippen molar-refractivity contribution in [1.82, 2.24) is 10.2 Å². The van der Waals surface area contributed by atoms with Crippen LogP contribution in [0.2, 0.25) is 0 Å². The second-order valence-electron chi connectivity index (χ2n) is 10.8. The van der Waals surface area contributed by atoms with Crippen LogP contribution in [0.5, 0.6) is 0 Å². The number of piperidine rings is 1. The highest BCUT2D eigenvalue weighted by Crippen LogP contribution is 2.44. The van der Waals surface area contributed by atoms with Crippen molar-refractivity contribution in [2.75, 3.05) is 39.9 Å². The number of carbonyl (C=O) groups excluding carboxylic acids is 1. The second kappa shape index (κ2) is 11.7. The molecule has 1 aliphatic heterocycles. The number of methoxy groups -OCH3 is 1. The minimum absolute atomic E-state index is 0.00303. The summed E-state index contributed by atoms with van der Waals surface area (Å²) in [7, 11) is 1.82. The van der Waals surface area contributed by atoms with Crippen LogP contribution in [0.25, 0.3) is 0 Å². The topological polar surface area (TPSA) is 50.8 Å². The molecular formula is C29H42N2O3. The normalized spacial score (nSPS) is 22.5. The number of rotatable bonds is 10. The molecule has 186 valence electrons. The number of hydrogen-bond acceptors (Lipinski definition) is 5. The first kappa shape index (κ1) is 25.2. The van der Waals surface area contributed by atoms with E-state index in [2.05, 4.69) is 29.3 Å². The van der Waals surface area contributed by atoms with Gasteiger partial charge < -0.3 is 19.7 Å². The van der Waals surface area contributed by atoms with Crippen LogP contribution in [-0.4, -0.2) is 56.8 Å². The highest BCUT2D eigenvalue weighted by molar-refractivity contribution is 5.78. The molecule has 0 bridgehead atoms. The molecule has 1 saturated heterocycles. The SMILES string of the molecule is CC1=CC=C1.COCC1(CNC2CC2)CCN(CC2(C(=O)OCc3ccccc3)CCC2)CC1.